The molecule has 0 bridgehead atoms. The Labute approximate surface area is 111 Å². The summed E-state index contributed by atoms with van der Waals surface area (Å²) in [6.45, 7) is 0.932. The third kappa shape index (κ3) is 2.05. The molecule has 1 aromatic carbocycles. The van der Waals surface area contributed by atoms with Crippen molar-refractivity contribution in [2.45, 2.75) is 19.6 Å². The molecule has 7 heteroatoms. The summed E-state index contributed by atoms with van der Waals surface area (Å²) in [5.41, 5.74) is 1.51. The Hall–Kier alpha value is -2.28. The Balaban J connectivity index is 2.06. The molecule has 1 aliphatic rings. The van der Waals surface area contributed by atoms with E-state index in [1.54, 1.807) is 18.2 Å². The van der Waals surface area contributed by atoms with Crippen LogP contribution < -0.4 is 0 Å². The molecule has 2 aromatic rings. The quantitative estimate of drug-likeness (QED) is 0.936. The fourth-order valence-electron chi connectivity index (χ4n) is 2.06. The molecule has 0 saturated heterocycles. The molecule has 20 heavy (non-hydrogen) atoms. The van der Waals surface area contributed by atoms with E-state index in [9.17, 15) is 13.6 Å². The topological polar surface area (TPSA) is 72.6 Å². The van der Waals surface area contributed by atoms with Gasteiger partial charge in [0.1, 0.15) is 0 Å². The minimum absolute atomic E-state index is 0.132. The number of rotatable bonds is 3. The van der Waals surface area contributed by atoms with Crippen molar-refractivity contribution < 1.29 is 27.8 Å². The summed E-state index contributed by atoms with van der Waals surface area (Å²) in [5, 5.41) is 8.84. The SMILES string of the molecule is O=C(O)c1oc(-c2ccc3c(c2)COC3)nc1C(F)F. The Kier molecular flexibility index (Phi) is 2.98. The Morgan fingerprint density at radius 2 is 2.05 bits per heavy atom. The number of nitrogens with zero attached hydrogens (tertiary/aromatic N) is 1. The number of alkyl halides is 2. The molecule has 0 radical (unpaired) electrons. The minimum Gasteiger partial charge on any atom is -0.475 e. The van der Waals surface area contributed by atoms with Crippen molar-refractivity contribution in [3.63, 3.8) is 0 Å². The summed E-state index contributed by atoms with van der Waals surface area (Å²) < 4.78 is 35.7. The molecule has 0 amide bonds. The minimum atomic E-state index is -3.00. The maximum atomic E-state index is 12.7. The molecule has 1 N–H and O–H groups in total. The normalized spacial score (nSPS) is 13.8. The lowest BCUT2D eigenvalue weighted by atomic mass is 10.1. The summed E-state index contributed by atoms with van der Waals surface area (Å²) in [5.74, 6) is -2.53. The average Bonchev–Trinajstić information content (AvgIpc) is 3.04. The number of hydrogen-bond donors (Lipinski definition) is 1. The van der Waals surface area contributed by atoms with Crippen molar-refractivity contribution >= 4 is 5.97 Å². The molecule has 1 aliphatic heterocycles. The van der Waals surface area contributed by atoms with Gasteiger partial charge in [-0.25, -0.2) is 18.6 Å². The van der Waals surface area contributed by atoms with Crippen LogP contribution in [-0.4, -0.2) is 16.1 Å². The van der Waals surface area contributed by atoms with Crippen molar-refractivity contribution in [2.24, 2.45) is 0 Å². The van der Waals surface area contributed by atoms with Crippen LogP contribution in [-0.2, 0) is 18.0 Å². The first-order valence-electron chi connectivity index (χ1n) is 5.78. The largest absolute Gasteiger partial charge is 0.475 e. The van der Waals surface area contributed by atoms with E-state index >= 15 is 0 Å². The van der Waals surface area contributed by atoms with Gasteiger partial charge in [-0.1, -0.05) is 6.07 Å². The van der Waals surface area contributed by atoms with Crippen molar-refractivity contribution in [1.82, 2.24) is 4.98 Å². The maximum absolute atomic E-state index is 12.7. The molecular formula is C13H9F2NO4. The molecule has 0 fully saturated rings. The molecular weight excluding hydrogens is 272 g/mol. The van der Waals surface area contributed by atoms with Crippen LogP contribution in [0.4, 0.5) is 8.78 Å². The predicted molar refractivity (Wildman–Crippen MR) is 62.3 cm³/mol. The molecule has 0 saturated carbocycles. The van der Waals surface area contributed by atoms with Crippen LogP contribution >= 0.6 is 0 Å². The van der Waals surface area contributed by atoms with Crippen molar-refractivity contribution in [1.29, 1.82) is 0 Å². The summed E-state index contributed by atoms with van der Waals surface area (Å²) in [7, 11) is 0. The van der Waals surface area contributed by atoms with Crippen molar-refractivity contribution in [3.8, 4) is 11.5 Å². The second-order valence-electron chi connectivity index (χ2n) is 4.32. The van der Waals surface area contributed by atoms with Crippen LogP contribution in [0.15, 0.2) is 22.6 Å². The molecule has 1 aromatic heterocycles. The first-order valence-corrected chi connectivity index (χ1v) is 5.78. The summed E-state index contributed by atoms with van der Waals surface area (Å²) in [4.78, 5) is 14.5. The van der Waals surface area contributed by atoms with Gasteiger partial charge < -0.3 is 14.3 Å². The average molecular weight is 281 g/mol. The van der Waals surface area contributed by atoms with E-state index in [-0.39, 0.29) is 5.89 Å². The molecule has 104 valence electrons. The number of carboxylic acid groups (broad SMARTS) is 1. The number of aromatic nitrogens is 1. The zero-order chi connectivity index (χ0) is 14.3. The lowest BCUT2D eigenvalue weighted by Crippen LogP contribution is -1.99. The van der Waals surface area contributed by atoms with Gasteiger partial charge in [0.2, 0.25) is 11.7 Å². The second kappa shape index (κ2) is 4.68. The van der Waals surface area contributed by atoms with Crippen LogP contribution in [0.1, 0.15) is 33.8 Å². The van der Waals surface area contributed by atoms with Crippen LogP contribution in [0.25, 0.3) is 11.5 Å². The fourth-order valence-corrected chi connectivity index (χ4v) is 2.06. The summed E-state index contributed by atoms with van der Waals surface area (Å²) in [6.07, 6.45) is -3.00. The Morgan fingerprint density at radius 1 is 1.30 bits per heavy atom. The van der Waals surface area contributed by atoms with Gasteiger partial charge in [0, 0.05) is 5.56 Å². The van der Waals surface area contributed by atoms with Crippen molar-refractivity contribution in [2.75, 3.05) is 0 Å². The number of ether oxygens (including phenoxy) is 1. The molecule has 0 spiro atoms. The lowest BCUT2D eigenvalue weighted by molar-refractivity contribution is 0.0647. The highest BCUT2D eigenvalue weighted by Crippen LogP contribution is 2.30. The number of oxazole rings is 1. The monoisotopic (exact) mass is 281 g/mol. The molecule has 3 rings (SSSR count). The van der Waals surface area contributed by atoms with Crippen LogP contribution in [0.5, 0.6) is 0 Å². The fraction of sp³-hybridized carbons (Fsp3) is 0.231. The zero-order valence-corrected chi connectivity index (χ0v) is 10.1. The maximum Gasteiger partial charge on any atom is 0.374 e. The van der Waals surface area contributed by atoms with E-state index in [0.29, 0.717) is 18.8 Å². The van der Waals surface area contributed by atoms with Gasteiger partial charge in [-0.3, -0.25) is 0 Å². The highest BCUT2D eigenvalue weighted by Gasteiger charge is 2.27. The van der Waals surface area contributed by atoms with Crippen LogP contribution in [0.3, 0.4) is 0 Å². The van der Waals surface area contributed by atoms with Gasteiger partial charge in [0.05, 0.1) is 13.2 Å². The predicted octanol–water partition coefficient (Wildman–Crippen LogP) is 3.01. The van der Waals surface area contributed by atoms with Crippen molar-refractivity contribution in [3.05, 3.63) is 40.8 Å². The molecule has 2 heterocycles. The summed E-state index contributed by atoms with van der Waals surface area (Å²) >= 11 is 0. The highest BCUT2D eigenvalue weighted by atomic mass is 19.3. The number of hydrogen-bond acceptors (Lipinski definition) is 4. The Morgan fingerprint density at radius 3 is 2.70 bits per heavy atom. The van der Waals surface area contributed by atoms with E-state index in [2.05, 4.69) is 4.98 Å². The summed E-state index contributed by atoms with van der Waals surface area (Å²) in [6, 6.07) is 5.12. The Bertz CT molecular complexity index is 681. The third-order valence-electron chi connectivity index (χ3n) is 3.02. The van der Waals surface area contributed by atoms with E-state index in [1.165, 1.54) is 0 Å². The van der Waals surface area contributed by atoms with E-state index in [4.69, 9.17) is 14.3 Å². The van der Waals surface area contributed by atoms with Gasteiger partial charge in [-0.2, -0.15) is 0 Å². The second-order valence-corrected chi connectivity index (χ2v) is 4.32. The zero-order valence-electron chi connectivity index (χ0n) is 10.1. The highest BCUT2D eigenvalue weighted by molar-refractivity contribution is 5.86. The van der Waals surface area contributed by atoms with Gasteiger partial charge in [0.25, 0.3) is 6.43 Å². The first-order chi connectivity index (χ1) is 9.56. The molecule has 0 unspecified atom stereocenters. The van der Waals surface area contributed by atoms with E-state index in [1.807, 2.05) is 0 Å². The number of carbonyl (C=O) groups is 1. The molecule has 5 nitrogen and oxygen atoms in total. The van der Waals surface area contributed by atoms with E-state index in [0.717, 1.165) is 11.1 Å². The third-order valence-corrected chi connectivity index (χ3v) is 3.02. The van der Waals surface area contributed by atoms with Gasteiger partial charge in [0.15, 0.2) is 5.69 Å². The number of carboxylic acids is 1. The van der Waals surface area contributed by atoms with Gasteiger partial charge >= 0.3 is 5.97 Å². The van der Waals surface area contributed by atoms with Crippen LogP contribution in [0, 0.1) is 0 Å². The smallest absolute Gasteiger partial charge is 0.374 e. The number of aromatic carboxylic acids is 1. The first kappa shape index (κ1) is 12.7. The van der Waals surface area contributed by atoms with E-state index < -0.39 is 23.8 Å². The number of benzene rings is 1. The standard InChI is InChI=1S/C13H9F2NO4/c14-11(15)9-10(13(17)18)20-12(16-9)6-1-2-7-4-19-5-8(7)3-6/h1-3,11H,4-5H2,(H,17,18). The van der Waals surface area contributed by atoms with Crippen LogP contribution in [0.2, 0.25) is 0 Å². The lowest BCUT2D eigenvalue weighted by Gasteiger charge is -1.99. The van der Waals surface area contributed by atoms with Gasteiger partial charge in [-0.05, 0) is 23.3 Å². The molecule has 0 aliphatic carbocycles. The number of fused-ring (bicyclic) bond motifs is 1. The molecule has 0 atom stereocenters. The number of halogens is 2. The van der Waals surface area contributed by atoms with Gasteiger partial charge in [-0.15, -0.1) is 0 Å².